The Hall–Kier alpha value is -2.67. The second kappa shape index (κ2) is 5.14. The molecule has 7 heteroatoms. The van der Waals surface area contributed by atoms with Crippen LogP contribution in [0.5, 0.6) is 11.6 Å². The average Bonchev–Trinajstić information content (AvgIpc) is 2.83. The van der Waals surface area contributed by atoms with Crippen molar-refractivity contribution < 1.29 is 4.74 Å². The molecule has 0 atom stereocenters. The number of aromatic amines is 1. The van der Waals surface area contributed by atoms with Gasteiger partial charge in [-0.3, -0.25) is 0 Å². The molecule has 0 aliphatic rings. The highest BCUT2D eigenvalue weighted by molar-refractivity contribution is 5.40. The van der Waals surface area contributed by atoms with Crippen molar-refractivity contribution in [3.63, 3.8) is 0 Å². The van der Waals surface area contributed by atoms with Gasteiger partial charge >= 0.3 is 5.69 Å². The molecule has 0 aliphatic heterocycles. The largest absolute Gasteiger partial charge is 0.439 e. The Bertz CT molecular complexity index is 775. The highest BCUT2D eigenvalue weighted by Gasteiger charge is 2.04. The predicted octanol–water partition coefficient (Wildman–Crippen LogP) is 0.711. The number of nitrogens with zero attached hydrogens (tertiary/aromatic N) is 3. The van der Waals surface area contributed by atoms with E-state index in [1.807, 2.05) is 24.3 Å². The fourth-order valence-electron chi connectivity index (χ4n) is 1.86. The molecule has 0 spiro atoms. The predicted molar refractivity (Wildman–Crippen MR) is 72.9 cm³/mol. The molecule has 7 nitrogen and oxygen atoms in total. The summed E-state index contributed by atoms with van der Waals surface area (Å²) in [7, 11) is 0. The minimum atomic E-state index is -0.329. The molecule has 3 rings (SSSR count). The number of aromatic nitrogens is 4. The first-order valence-corrected chi connectivity index (χ1v) is 6.16. The molecule has 0 bridgehead atoms. The summed E-state index contributed by atoms with van der Waals surface area (Å²) in [5.41, 5.74) is 6.78. The highest BCUT2D eigenvalue weighted by Crippen LogP contribution is 2.20. The molecule has 3 aromatic rings. The first kappa shape index (κ1) is 12.4. The first-order chi connectivity index (χ1) is 9.76. The van der Waals surface area contributed by atoms with E-state index in [2.05, 4.69) is 15.2 Å². The van der Waals surface area contributed by atoms with E-state index in [1.165, 1.54) is 10.7 Å². The minimum Gasteiger partial charge on any atom is -0.439 e. The van der Waals surface area contributed by atoms with Gasteiger partial charge in [0.2, 0.25) is 5.88 Å². The lowest BCUT2D eigenvalue weighted by atomic mass is 10.1. The van der Waals surface area contributed by atoms with E-state index in [0.29, 0.717) is 23.8 Å². The molecule has 2 heterocycles. The normalized spacial score (nSPS) is 10.8. The van der Waals surface area contributed by atoms with Crippen LogP contribution >= 0.6 is 0 Å². The Labute approximate surface area is 114 Å². The molecule has 0 amide bonds. The van der Waals surface area contributed by atoms with E-state index >= 15 is 0 Å². The number of H-pyrrole nitrogens is 1. The molecule has 0 fully saturated rings. The summed E-state index contributed by atoms with van der Waals surface area (Å²) in [6.07, 6.45) is 2.21. The number of benzene rings is 1. The fourth-order valence-corrected chi connectivity index (χ4v) is 1.86. The summed E-state index contributed by atoms with van der Waals surface area (Å²) in [6, 6.07) is 9.21. The summed E-state index contributed by atoms with van der Waals surface area (Å²) < 4.78 is 6.92. The number of hydrogen-bond acceptors (Lipinski definition) is 5. The van der Waals surface area contributed by atoms with Gasteiger partial charge in [-0.05, 0) is 30.7 Å². The van der Waals surface area contributed by atoms with Gasteiger partial charge in [-0.15, -0.1) is 0 Å². The van der Waals surface area contributed by atoms with Crippen LogP contribution < -0.4 is 16.2 Å². The number of nitrogens with one attached hydrogen (secondary N) is 1. The fraction of sp³-hybridized carbons (Fsp3) is 0.154. The van der Waals surface area contributed by atoms with Crippen molar-refractivity contribution in [1.29, 1.82) is 0 Å². The van der Waals surface area contributed by atoms with E-state index in [9.17, 15) is 4.79 Å². The third-order valence-corrected chi connectivity index (χ3v) is 2.86. The second-order valence-corrected chi connectivity index (χ2v) is 4.27. The van der Waals surface area contributed by atoms with E-state index in [1.54, 1.807) is 6.07 Å². The van der Waals surface area contributed by atoms with Crippen molar-refractivity contribution in [2.24, 2.45) is 5.73 Å². The SMILES string of the molecule is NCCc1ccc(Oc2cc3n[nH]c(=O)n3cn2)cc1. The van der Waals surface area contributed by atoms with Crippen molar-refractivity contribution in [3.8, 4) is 11.6 Å². The Balaban J connectivity index is 1.83. The zero-order valence-corrected chi connectivity index (χ0v) is 10.6. The quantitative estimate of drug-likeness (QED) is 0.728. The van der Waals surface area contributed by atoms with Crippen molar-refractivity contribution in [2.75, 3.05) is 6.54 Å². The second-order valence-electron chi connectivity index (χ2n) is 4.27. The van der Waals surface area contributed by atoms with Crippen LogP contribution in [0.2, 0.25) is 0 Å². The van der Waals surface area contributed by atoms with Gasteiger partial charge < -0.3 is 10.5 Å². The molecule has 0 saturated heterocycles. The molecular formula is C13H13N5O2. The lowest BCUT2D eigenvalue weighted by Crippen LogP contribution is -2.09. The Kier molecular flexibility index (Phi) is 3.18. The lowest BCUT2D eigenvalue weighted by molar-refractivity contribution is 0.461. The van der Waals surface area contributed by atoms with E-state index in [-0.39, 0.29) is 5.69 Å². The number of nitrogens with two attached hydrogens (primary N) is 1. The van der Waals surface area contributed by atoms with Crippen molar-refractivity contribution in [1.82, 2.24) is 19.6 Å². The zero-order chi connectivity index (χ0) is 13.9. The Morgan fingerprint density at radius 2 is 2.10 bits per heavy atom. The van der Waals surface area contributed by atoms with Crippen LogP contribution in [-0.2, 0) is 6.42 Å². The average molecular weight is 271 g/mol. The van der Waals surface area contributed by atoms with E-state index in [4.69, 9.17) is 10.5 Å². The van der Waals surface area contributed by atoms with Crippen molar-refractivity contribution in [3.05, 3.63) is 52.7 Å². The van der Waals surface area contributed by atoms with Crippen LogP contribution in [-0.4, -0.2) is 26.1 Å². The summed E-state index contributed by atoms with van der Waals surface area (Å²) in [4.78, 5) is 15.4. The van der Waals surface area contributed by atoms with Crippen LogP contribution in [0.1, 0.15) is 5.56 Å². The monoisotopic (exact) mass is 271 g/mol. The van der Waals surface area contributed by atoms with Gasteiger partial charge in [-0.2, -0.15) is 5.10 Å². The Morgan fingerprint density at radius 1 is 1.30 bits per heavy atom. The number of ether oxygens (including phenoxy) is 1. The standard InChI is InChI=1S/C13H13N5O2/c14-6-5-9-1-3-10(4-2-9)20-12-7-11-16-17-13(19)18(11)8-15-12/h1-4,7-8H,5-6,14H2,(H,17,19). The summed E-state index contributed by atoms with van der Waals surface area (Å²) >= 11 is 0. The maximum absolute atomic E-state index is 11.3. The summed E-state index contributed by atoms with van der Waals surface area (Å²) in [5.74, 6) is 1.04. The molecule has 2 aromatic heterocycles. The molecule has 1 aromatic carbocycles. The van der Waals surface area contributed by atoms with Gasteiger partial charge in [0.15, 0.2) is 5.65 Å². The minimum absolute atomic E-state index is 0.329. The van der Waals surface area contributed by atoms with Gasteiger partial charge in [0, 0.05) is 6.07 Å². The van der Waals surface area contributed by atoms with Gasteiger partial charge in [0.1, 0.15) is 12.1 Å². The lowest BCUT2D eigenvalue weighted by Gasteiger charge is -2.05. The first-order valence-electron chi connectivity index (χ1n) is 6.16. The molecule has 0 radical (unpaired) electrons. The Morgan fingerprint density at radius 3 is 2.85 bits per heavy atom. The summed E-state index contributed by atoms with van der Waals surface area (Å²) in [6.45, 7) is 0.617. The van der Waals surface area contributed by atoms with Crippen molar-refractivity contribution in [2.45, 2.75) is 6.42 Å². The maximum Gasteiger partial charge on any atom is 0.348 e. The van der Waals surface area contributed by atoms with Gasteiger partial charge in [0.05, 0.1) is 0 Å². The number of fused-ring (bicyclic) bond motifs is 1. The van der Waals surface area contributed by atoms with Crippen LogP contribution in [0.15, 0.2) is 41.5 Å². The van der Waals surface area contributed by atoms with Gasteiger partial charge in [-0.1, -0.05) is 12.1 Å². The zero-order valence-electron chi connectivity index (χ0n) is 10.6. The third kappa shape index (κ3) is 2.39. The number of hydrogen-bond donors (Lipinski definition) is 2. The van der Waals surface area contributed by atoms with Crippen LogP contribution in [0, 0.1) is 0 Å². The highest BCUT2D eigenvalue weighted by atomic mass is 16.5. The molecule has 0 unspecified atom stereocenters. The van der Waals surface area contributed by atoms with E-state index in [0.717, 1.165) is 12.0 Å². The van der Waals surface area contributed by atoms with Gasteiger partial charge in [0.25, 0.3) is 0 Å². The number of rotatable bonds is 4. The topological polar surface area (TPSA) is 98.3 Å². The molecule has 0 aliphatic carbocycles. The molecular weight excluding hydrogens is 258 g/mol. The van der Waals surface area contributed by atoms with E-state index < -0.39 is 0 Å². The smallest absolute Gasteiger partial charge is 0.348 e. The maximum atomic E-state index is 11.3. The van der Waals surface area contributed by atoms with Crippen LogP contribution in [0.4, 0.5) is 0 Å². The summed E-state index contributed by atoms with van der Waals surface area (Å²) in [5, 5.41) is 6.19. The molecule has 20 heavy (non-hydrogen) atoms. The molecule has 0 saturated carbocycles. The molecule has 3 N–H and O–H groups in total. The van der Waals surface area contributed by atoms with Crippen LogP contribution in [0.3, 0.4) is 0 Å². The third-order valence-electron chi connectivity index (χ3n) is 2.86. The van der Waals surface area contributed by atoms with Crippen molar-refractivity contribution >= 4 is 5.65 Å². The van der Waals surface area contributed by atoms with Gasteiger partial charge in [-0.25, -0.2) is 19.3 Å². The van der Waals surface area contributed by atoms with Crippen LogP contribution in [0.25, 0.3) is 5.65 Å². The molecule has 102 valence electrons.